The third kappa shape index (κ3) is 28.6. The van der Waals surface area contributed by atoms with Crippen molar-refractivity contribution in [1.82, 2.24) is 57.7 Å². The first kappa shape index (κ1) is 69.6. The van der Waals surface area contributed by atoms with Gasteiger partial charge in [0.15, 0.2) is 0 Å². The van der Waals surface area contributed by atoms with Gasteiger partial charge >= 0.3 is 27.4 Å². The predicted octanol–water partition coefficient (Wildman–Crippen LogP) is -6.19. The number of imide groups is 1. The molecule has 1 fully saturated rings. The van der Waals surface area contributed by atoms with Crippen LogP contribution in [0.25, 0.3) is 0 Å². The van der Waals surface area contributed by atoms with E-state index in [2.05, 4.69) is 47.9 Å². The van der Waals surface area contributed by atoms with Gasteiger partial charge in [0.2, 0.25) is 47.3 Å². The first-order valence-electron chi connectivity index (χ1n) is 25.1. The molecule has 0 saturated carbocycles. The molecule has 0 aromatic carbocycles. The maximum atomic E-state index is 13.7. The topological polar surface area (TPSA) is 487 Å². The summed E-state index contributed by atoms with van der Waals surface area (Å²) >= 11 is 0. The van der Waals surface area contributed by atoms with Crippen molar-refractivity contribution in [1.29, 1.82) is 0 Å². The van der Waals surface area contributed by atoms with Crippen LogP contribution in [0.15, 0.2) is 12.2 Å². The second-order valence-electron chi connectivity index (χ2n) is 18.1. The van der Waals surface area contributed by atoms with Gasteiger partial charge in [-0.05, 0) is 25.8 Å². The van der Waals surface area contributed by atoms with Gasteiger partial charge in [-0.25, -0.2) is 14.2 Å². The maximum Gasteiger partial charge on any atom is 0.472 e. The van der Waals surface area contributed by atoms with E-state index in [0.29, 0.717) is 4.90 Å². The highest BCUT2D eigenvalue weighted by Crippen LogP contribution is 2.42. The fourth-order valence-corrected chi connectivity index (χ4v) is 8.28. The van der Waals surface area contributed by atoms with Crippen LogP contribution in [0.4, 0.5) is 4.79 Å². The summed E-state index contributed by atoms with van der Waals surface area (Å²) in [6, 6.07) is -7.17. The van der Waals surface area contributed by atoms with E-state index in [4.69, 9.17) is 38.8 Å². The van der Waals surface area contributed by atoms with Crippen molar-refractivity contribution in [2.75, 3.05) is 106 Å². The van der Waals surface area contributed by atoms with Gasteiger partial charge in [0, 0.05) is 71.2 Å². The molecule has 0 aromatic rings. The molecule has 0 aromatic heterocycles. The molecule has 6 atom stereocenters. The SMILES string of the molecule is CNC(=O)[C@H](CCCNC(N)=O)NC(=O)[C@@H](NC(=O)[C@H](CC(=O)N[C@H]1CCOC1=O)NC(=O)CN(C)CCNC(=O)CCOCCOCCOP(=O)(O)OCCNC(=O)[C@H](CNC(=O)CCP(=O)(O)O)N1C(=O)C=CC1=O)C(C)C. The first-order chi connectivity index (χ1) is 37.6. The number of hydrogen-bond donors (Lipinski definition) is 13. The van der Waals surface area contributed by atoms with Crippen LogP contribution in [-0.2, 0) is 85.1 Å². The molecule has 34 nitrogen and oxygen atoms in total. The monoisotopic (exact) mass is 1180 g/mol. The Morgan fingerprint density at radius 1 is 0.738 bits per heavy atom. The lowest BCUT2D eigenvalue weighted by molar-refractivity contribution is -0.145. The molecule has 1 unspecified atom stereocenters. The molecule has 14 N–H and O–H groups in total. The Labute approximate surface area is 459 Å². The molecule has 2 heterocycles. The predicted molar refractivity (Wildman–Crippen MR) is 274 cm³/mol. The second kappa shape index (κ2) is 36.0. The fourth-order valence-electron chi connectivity index (χ4n) is 7.08. The molecule has 0 bridgehead atoms. The summed E-state index contributed by atoms with van der Waals surface area (Å²) in [5, 5.41) is 22.1. The maximum absolute atomic E-state index is 13.7. The van der Waals surface area contributed by atoms with E-state index in [1.54, 1.807) is 20.9 Å². The zero-order chi connectivity index (χ0) is 60.0. The number of nitrogens with zero attached hydrogens (tertiary/aromatic N) is 2. The second-order valence-corrected chi connectivity index (χ2v) is 21.3. The highest BCUT2D eigenvalue weighted by atomic mass is 31.2. The zero-order valence-corrected chi connectivity index (χ0v) is 46.5. The number of likely N-dealkylation sites (N-methyl/N-ethyl adjacent to an activating group) is 2. The number of cyclic esters (lactones) is 1. The summed E-state index contributed by atoms with van der Waals surface area (Å²) in [5.74, 6) is -8.89. The Morgan fingerprint density at radius 3 is 1.99 bits per heavy atom. The van der Waals surface area contributed by atoms with E-state index < -0.39 is 168 Å². The minimum atomic E-state index is -4.65. The number of phosphoric ester groups is 1. The number of esters is 1. The molecule has 1 saturated heterocycles. The number of nitrogens with two attached hydrogens (primary N) is 1. The van der Waals surface area contributed by atoms with Crippen molar-refractivity contribution in [2.24, 2.45) is 11.7 Å². The Hall–Kier alpha value is -6.48. The average molecular weight is 1190 g/mol. The van der Waals surface area contributed by atoms with Crippen LogP contribution in [0, 0.1) is 5.92 Å². The number of hydrogen-bond acceptors (Lipinski definition) is 20. The standard InChI is InChI=1S/C44H74N12O22P2/c1-27(2)38(42(66)53-28(39(63)46-3)6-5-12-49-44(45)68)54-40(64)30(24-34(59)51-29-9-17-76-43(29)67)52-35(60)26-55(4)15-13-47-32(57)10-16-74-19-20-75-21-22-78-80(72,73)77-18-14-48-41(65)31(56-36(61)7-8-37(56)62)25-50-33(58)11-23-79(69,70)71/h7-8,27-31,38H,5-6,9-26H2,1-4H3,(H,46,63)(H,47,57)(H,48,65)(H,50,58)(H,51,59)(H,52,60)(H,53,66)(H,54,64)(H,72,73)(H3,45,49,68)(H2,69,70,71)/t28-,29-,30-,31-,38-/m0/s1. The lowest BCUT2D eigenvalue weighted by atomic mass is 10.0. The van der Waals surface area contributed by atoms with Gasteiger partial charge in [-0.2, -0.15) is 0 Å². The lowest BCUT2D eigenvalue weighted by Gasteiger charge is -2.27. The normalized spacial score (nSPS) is 16.4. The van der Waals surface area contributed by atoms with E-state index in [1.807, 2.05) is 0 Å². The van der Waals surface area contributed by atoms with Crippen LogP contribution in [0.2, 0.25) is 0 Å². The van der Waals surface area contributed by atoms with Crippen LogP contribution < -0.4 is 53.6 Å². The molecular weight excluding hydrogens is 1110 g/mol. The Kier molecular flexibility index (Phi) is 31.3. The number of carbonyl (C=O) groups is 12. The van der Waals surface area contributed by atoms with Crippen LogP contribution in [0.3, 0.4) is 0 Å². The smallest absolute Gasteiger partial charge is 0.464 e. The summed E-state index contributed by atoms with van der Waals surface area (Å²) in [7, 11) is -6.24. The summed E-state index contributed by atoms with van der Waals surface area (Å²) in [6.45, 7) is 1.18. The van der Waals surface area contributed by atoms with Crippen molar-refractivity contribution >= 4 is 86.5 Å². The van der Waals surface area contributed by atoms with Crippen LogP contribution in [-0.4, -0.2) is 232 Å². The van der Waals surface area contributed by atoms with Crippen LogP contribution in [0.1, 0.15) is 52.4 Å². The Bertz CT molecular complexity index is 2290. The zero-order valence-electron chi connectivity index (χ0n) is 44.7. The molecule has 12 amide bonds. The number of phosphoric acid groups is 1. The molecule has 2 rings (SSSR count). The van der Waals surface area contributed by atoms with E-state index in [1.165, 1.54) is 11.9 Å². The minimum absolute atomic E-state index is 0.00111. The molecule has 2 aliphatic rings. The van der Waals surface area contributed by atoms with E-state index >= 15 is 0 Å². The summed E-state index contributed by atoms with van der Waals surface area (Å²) in [4.78, 5) is 181. The third-order valence-corrected chi connectivity index (χ3v) is 13.0. The van der Waals surface area contributed by atoms with Gasteiger partial charge in [0.05, 0.1) is 65.4 Å². The third-order valence-electron chi connectivity index (χ3n) is 11.2. The molecule has 2 aliphatic heterocycles. The largest absolute Gasteiger partial charge is 0.472 e. The number of nitrogens with one attached hydrogen (secondary N) is 9. The molecule has 36 heteroatoms. The van der Waals surface area contributed by atoms with Gasteiger partial charge in [0.1, 0.15) is 30.2 Å². The molecule has 80 heavy (non-hydrogen) atoms. The number of amides is 12. The Morgan fingerprint density at radius 2 is 1.38 bits per heavy atom. The van der Waals surface area contributed by atoms with Crippen molar-refractivity contribution in [3.8, 4) is 0 Å². The highest BCUT2D eigenvalue weighted by molar-refractivity contribution is 7.51. The van der Waals surface area contributed by atoms with Crippen molar-refractivity contribution in [2.45, 2.75) is 82.6 Å². The summed E-state index contributed by atoms with van der Waals surface area (Å²) in [5.41, 5.74) is 5.09. The number of urea groups is 1. The van der Waals surface area contributed by atoms with E-state index in [-0.39, 0.29) is 84.9 Å². The molecule has 0 spiro atoms. The number of ether oxygens (including phenoxy) is 3. The minimum Gasteiger partial charge on any atom is -0.464 e. The highest BCUT2D eigenvalue weighted by Gasteiger charge is 2.37. The summed E-state index contributed by atoms with van der Waals surface area (Å²) in [6.07, 6.45) is 0.260. The first-order valence-corrected chi connectivity index (χ1v) is 28.4. The quantitative estimate of drug-likeness (QED) is 0.0117. The van der Waals surface area contributed by atoms with E-state index in [0.717, 1.165) is 12.2 Å². The lowest BCUT2D eigenvalue weighted by Crippen LogP contribution is -2.59. The van der Waals surface area contributed by atoms with Gasteiger partial charge < -0.3 is 82.5 Å². The molecule has 452 valence electrons. The van der Waals surface area contributed by atoms with Gasteiger partial charge in [-0.3, -0.25) is 71.4 Å². The van der Waals surface area contributed by atoms with Crippen LogP contribution >= 0.6 is 15.4 Å². The molecule has 0 aliphatic carbocycles. The van der Waals surface area contributed by atoms with E-state index in [9.17, 15) is 71.6 Å². The van der Waals surface area contributed by atoms with Gasteiger partial charge in [-0.1, -0.05) is 13.8 Å². The van der Waals surface area contributed by atoms with Crippen molar-refractivity contribution in [3.63, 3.8) is 0 Å². The number of carbonyl (C=O) groups excluding carboxylic acids is 12. The van der Waals surface area contributed by atoms with Crippen molar-refractivity contribution < 1.29 is 105 Å². The molecular formula is C44H74N12O22P2. The summed E-state index contributed by atoms with van der Waals surface area (Å²) < 4.78 is 48.5. The average Bonchev–Trinajstić information content (AvgIpc) is 3.94. The van der Waals surface area contributed by atoms with Crippen LogP contribution in [0.5, 0.6) is 0 Å². The number of primary amides is 1. The Balaban J connectivity index is 1.74. The van der Waals surface area contributed by atoms with Gasteiger partial charge in [0.25, 0.3) is 11.8 Å². The van der Waals surface area contributed by atoms with Crippen molar-refractivity contribution in [3.05, 3.63) is 12.2 Å². The fraction of sp³-hybridized carbons (Fsp3) is 0.682. The number of rotatable bonds is 40. The van der Waals surface area contributed by atoms with Gasteiger partial charge in [-0.15, -0.1) is 0 Å². The molecule has 0 radical (unpaired) electrons.